The summed E-state index contributed by atoms with van der Waals surface area (Å²) in [5.74, 6) is -1.33. The lowest BCUT2D eigenvalue weighted by molar-refractivity contribution is -0.156. The number of benzene rings is 1. The van der Waals surface area contributed by atoms with E-state index in [1.54, 1.807) is 13.0 Å². The van der Waals surface area contributed by atoms with Gasteiger partial charge in [-0.1, -0.05) is 17.3 Å². The van der Waals surface area contributed by atoms with Gasteiger partial charge in [0.1, 0.15) is 11.2 Å². The number of carbonyl (C=O) groups excluding carboxylic acids is 1. The number of rotatable bonds is 5. The molecule has 6 heteroatoms. The molecule has 0 aliphatic rings. The van der Waals surface area contributed by atoms with Gasteiger partial charge in [0.25, 0.3) is 0 Å². The van der Waals surface area contributed by atoms with Crippen LogP contribution in [0.4, 0.5) is 0 Å². The molecular formula is C15H18N2O4. The first kappa shape index (κ1) is 15.0. The van der Waals surface area contributed by atoms with E-state index in [9.17, 15) is 14.7 Å². The zero-order valence-electron chi connectivity index (χ0n) is 12.3. The third kappa shape index (κ3) is 2.74. The quantitative estimate of drug-likeness (QED) is 0.911. The van der Waals surface area contributed by atoms with Crippen molar-refractivity contribution in [1.29, 1.82) is 0 Å². The van der Waals surface area contributed by atoms with Crippen LogP contribution in [0.3, 0.4) is 0 Å². The van der Waals surface area contributed by atoms with Gasteiger partial charge in [-0.15, -0.1) is 0 Å². The van der Waals surface area contributed by atoms with Crippen LogP contribution in [0.2, 0.25) is 0 Å². The number of carbonyl (C=O) groups is 2. The highest BCUT2D eigenvalue weighted by molar-refractivity contribution is 5.90. The smallest absolute Gasteiger partial charge is 0.329 e. The molecule has 0 radical (unpaired) electrons. The fourth-order valence-electron chi connectivity index (χ4n) is 2.30. The monoisotopic (exact) mass is 290 g/mol. The van der Waals surface area contributed by atoms with Gasteiger partial charge in [-0.2, -0.15) is 0 Å². The summed E-state index contributed by atoms with van der Waals surface area (Å²) in [7, 11) is 0. The van der Waals surface area contributed by atoms with E-state index in [2.05, 4.69) is 5.16 Å². The maximum Gasteiger partial charge on any atom is 0.329 e. The van der Waals surface area contributed by atoms with Crippen LogP contribution in [-0.4, -0.2) is 39.1 Å². The highest BCUT2D eigenvalue weighted by Crippen LogP contribution is 2.21. The molecule has 21 heavy (non-hydrogen) atoms. The molecule has 0 spiro atoms. The van der Waals surface area contributed by atoms with Gasteiger partial charge in [-0.25, -0.2) is 4.79 Å². The van der Waals surface area contributed by atoms with E-state index in [0.29, 0.717) is 17.8 Å². The van der Waals surface area contributed by atoms with Crippen molar-refractivity contribution in [3.8, 4) is 0 Å². The molecule has 0 saturated carbocycles. The third-order valence-corrected chi connectivity index (χ3v) is 3.59. The Kier molecular flexibility index (Phi) is 3.97. The molecule has 0 atom stereocenters. The van der Waals surface area contributed by atoms with E-state index >= 15 is 0 Å². The summed E-state index contributed by atoms with van der Waals surface area (Å²) >= 11 is 0. The van der Waals surface area contributed by atoms with Crippen molar-refractivity contribution >= 4 is 22.8 Å². The van der Waals surface area contributed by atoms with Gasteiger partial charge >= 0.3 is 5.97 Å². The molecule has 112 valence electrons. The topological polar surface area (TPSA) is 83.6 Å². The SMILES string of the molecule is CCN(C(=O)Cc1noc2ccccc12)C(C)(C)C(=O)O. The minimum absolute atomic E-state index is 0.0154. The number of likely N-dealkylation sites (N-methyl/N-ethyl adjacent to an activating group) is 1. The Hall–Kier alpha value is -2.37. The van der Waals surface area contributed by atoms with Crippen molar-refractivity contribution in [2.24, 2.45) is 0 Å². The van der Waals surface area contributed by atoms with E-state index < -0.39 is 11.5 Å². The van der Waals surface area contributed by atoms with Crippen LogP contribution in [0.5, 0.6) is 0 Å². The molecule has 1 N–H and O–H groups in total. The van der Waals surface area contributed by atoms with Gasteiger partial charge in [-0.05, 0) is 32.9 Å². The fraction of sp³-hybridized carbons (Fsp3) is 0.400. The van der Waals surface area contributed by atoms with Crippen LogP contribution in [0.15, 0.2) is 28.8 Å². The van der Waals surface area contributed by atoms with Crippen molar-refractivity contribution in [2.45, 2.75) is 32.7 Å². The number of amides is 1. The van der Waals surface area contributed by atoms with Crippen LogP contribution >= 0.6 is 0 Å². The lowest BCUT2D eigenvalue weighted by Crippen LogP contribution is -2.53. The van der Waals surface area contributed by atoms with Gasteiger partial charge in [0, 0.05) is 11.9 Å². The van der Waals surface area contributed by atoms with Crippen LogP contribution in [0, 0.1) is 0 Å². The molecule has 0 aliphatic carbocycles. The molecule has 1 aromatic heterocycles. The summed E-state index contributed by atoms with van der Waals surface area (Å²) in [5.41, 5.74) is -0.123. The Morgan fingerprint density at radius 1 is 1.33 bits per heavy atom. The molecule has 0 aliphatic heterocycles. The molecule has 0 bridgehead atoms. The number of hydrogen-bond donors (Lipinski definition) is 1. The first-order valence-electron chi connectivity index (χ1n) is 6.75. The molecular weight excluding hydrogens is 272 g/mol. The lowest BCUT2D eigenvalue weighted by Gasteiger charge is -2.34. The van der Waals surface area contributed by atoms with Crippen molar-refractivity contribution in [3.05, 3.63) is 30.0 Å². The summed E-state index contributed by atoms with van der Waals surface area (Å²) in [6.07, 6.45) is 0.0154. The largest absolute Gasteiger partial charge is 0.480 e. The summed E-state index contributed by atoms with van der Waals surface area (Å²) in [5, 5.41) is 13.9. The standard InChI is InChI=1S/C15H18N2O4/c1-4-17(15(2,3)14(19)20)13(18)9-11-10-7-5-6-8-12(10)21-16-11/h5-8H,4,9H2,1-3H3,(H,19,20). The Morgan fingerprint density at radius 2 is 2.00 bits per heavy atom. The number of nitrogens with zero attached hydrogens (tertiary/aromatic N) is 2. The van der Waals surface area contributed by atoms with Crippen LogP contribution in [0.25, 0.3) is 11.0 Å². The number of aromatic nitrogens is 1. The summed E-state index contributed by atoms with van der Waals surface area (Å²) in [6, 6.07) is 7.26. The second-order valence-corrected chi connectivity index (χ2v) is 5.30. The van der Waals surface area contributed by atoms with Gasteiger partial charge in [0.05, 0.1) is 6.42 Å². The van der Waals surface area contributed by atoms with Crippen molar-refractivity contribution < 1.29 is 19.2 Å². The van der Waals surface area contributed by atoms with Crippen molar-refractivity contribution in [1.82, 2.24) is 10.1 Å². The van der Waals surface area contributed by atoms with Crippen LogP contribution < -0.4 is 0 Å². The summed E-state index contributed by atoms with van der Waals surface area (Å²) in [4.78, 5) is 25.1. The van der Waals surface area contributed by atoms with E-state index in [-0.39, 0.29) is 12.3 Å². The Morgan fingerprint density at radius 3 is 2.62 bits per heavy atom. The minimum atomic E-state index is -1.26. The maximum atomic E-state index is 12.4. The highest BCUT2D eigenvalue weighted by atomic mass is 16.5. The first-order valence-corrected chi connectivity index (χ1v) is 6.75. The average Bonchev–Trinajstić information content (AvgIpc) is 2.82. The Bertz CT molecular complexity index is 675. The predicted octanol–water partition coefficient (Wildman–Crippen LogP) is 2.08. The molecule has 1 amide bonds. The Labute approximate surface area is 122 Å². The second-order valence-electron chi connectivity index (χ2n) is 5.30. The van der Waals surface area contributed by atoms with Gasteiger partial charge in [0.2, 0.25) is 5.91 Å². The van der Waals surface area contributed by atoms with Crippen molar-refractivity contribution in [3.63, 3.8) is 0 Å². The van der Waals surface area contributed by atoms with E-state index in [4.69, 9.17) is 4.52 Å². The molecule has 1 aromatic carbocycles. The molecule has 0 unspecified atom stereocenters. The minimum Gasteiger partial charge on any atom is -0.480 e. The highest BCUT2D eigenvalue weighted by Gasteiger charge is 2.37. The Balaban J connectivity index is 2.26. The molecule has 0 fully saturated rings. The van der Waals surface area contributed by atoms with Gasteiger partial charge < -0.3 is 14.5 Å². The third-order valence-electron chi connectivity index (χ3n) is 3.59. The second kappa shape index (κ2) is 5.55. The van der Waals surface area contributed by atoms with Crippen LogP contribution in [-0.2, 0) is 16.0 Å². The number of aliphatic carboxylic acids is 1. The molecule has 2 aromatic rings. The first-order chi connectivity index (χ1) is 9.87. The molecule has 2 rings (SSSR count). The normalized spacial score (nSPS) is 11.6. The van der Waals surface area contributed by atoms with E-state index in [1.807, 2.05) is 18.2 Å². The van der Waals surface area contributed by atoms with E-state index in [0.717, 1.165) is 5.39 Å². The predicted molar refractivity (Wildman–Crippen MR) is 76.8 cm³/mol. The fourth-order valence-corrected chi connectivity index (χ4v) is 2.30. The zero-order chi connectivity index (χ0) is 15.6. The number of hydrogen-bond acceptors (Lipinski definition) is 4. The van der Waals surface area contributed by atoms with Gasteiger partial charge in [0.15, 0.2) is 5.58 Å². The lowest BCUT2D eigenvalue weighted by atomic mass is 10.0. The number of para-hydroxylation sites is 1. The number of carboxylic acid groups (broad SMARTS) is 1. The summed E-state index contributed by atoms with van der Waals surface area (Å²) in [6.45, 7) is 5.09. The molecule has 6 nitrogen and oxygen atoms in total. The summed E-state index contributed by atoms with van der Waals surface area (Å²) < 4.78 is 5.16. The van der Waals surface area contributed by atoms with Crippen LogP contribution in [0.1, 0.15) is 26.5 Å². The number of fused-ring (bicyclic) bond motifs is 1. The molecule has 1 heterocycles. The van der Waals surface area contributed by atoms with Gasteiger partial charge in [-0.3, -0.25) is 4.79 Å². The maximum absolute atomic E-state index is 12.4. The van der Waals surface area contributed by atoms with Crippen molar-refractivity contribution in [2.75, 3.05) is 6.54 Å². The zero-order valence-corrected chi connectivity index (χ0v) is 12.3. The molecule has 0 saturated heterocycles. The average molecular weight is 290 g/mol. The van der Waals surface area contributed by atoms with E-state index in [1.165, 1.54) is 18.7 Å². The number of carboxylic acids is 1.